The molecule has 0 saturated carbocycles. The average molecular weight is 437 g/mol. The van der Waals surface area contributed by atoms with Crippen molar-refractivity contribution >= 4 is 24.5 Å². The second-order valence-electron chi connectivity index (χ2n) is 6.39. The van der Waals surface area contributed by atoms with E-state index in [4.69, 9.17) is 13.8 Å². The fraction of sp³-hybridized carbons (Fsp3) is 0.409. The number of para-hydroxylation sites is 1. The van der Waals surface area contributed by atoms with E-state index in [1.54, 1.807) is 13.8 Å². The van der Waals surface area contributed by atoms with Gasteiger partial charge in [-0.15, -0.1) is 0 Å². The molecule has 0 bridgehead atoms. The molecule has 2 aromatic carbocycles. The first-order chi connectivity index (χ1) is 14.0. The van der Waals surface area contributed by atoms with Gasteiger partial charge in [0.15, 0.2) is 5.12 Å². The zero-order chi connectivity index (χ0) is 21.1. The smallest absolute Gasteiger partial charge is 0.343 e. The molecule has 0 amide bonds. The van der Waals surface area contributed by atoms with E-state index >= 15 is 0 Å². The topological polar surface area (TPSA) is 61.8 Å². The molecule has 0 saturated heterocycles. The molecule has 0 aliphatic carbocycles. The number of rotatable bonds is 12. The predicted octanol–water partition coefficient (Wildman–Crippen LogP) is 6.67. The van der Waals surface area contributed by atoms with E-state index < -0.39 is 12.6 Å². The van der Waals surface area contributed by atoms with Gasteiger partial charge in [-0.3, -0.25) is 9.36 Å². The van der Waals surface area contributed by atoms with Gasteiger partial charge >= 0.3 is 7.60 Å². The van der Waals surface area contributed by atoms with Crippen LogP contribution >= 0.6 is 19.4 Å². The van der Waals surface area contributed by atoms with Gasteiger partial charge in [0, 0.05) is 6.92 Å². The van der Waals surface area contributed by atoms with Crippen LogP contribution in [-0.4, -0.2) is 23.3 Å². The molecule has 1 atom stereocenters. The van der Waals surface area contributed by atoms with Crippen LogP contribution in [0.3, 0.4) is 0 Å². The number of carbonyl (C=O) groups is 1. The maximum absolute atomic E-state index is 13.1. The Morgan fingerprint density at radius 2 is 1.55 bits per heavy atom. The highest BCUT2D eigenvalue weighted by Gasteiger charge is 2.36. The molecule has 0 radical (unpaired) electrons. The van der Waals surface area contributed by atoms with Crippen molar-refractivity contribution in [3.05, 3.63) is 60.2 Å². The monoisotopic (exact) mass is 436 g/mol. The number of ether oxygens (including phenoxy) is 1. The minimum Gasteiger partial charge on any atom is -0.457 e. The summed E-state index contributed by atoms with van der Waals surface area (Å²) in [5.41, 5.74) is 1.15. The Balaban J connectivity index is 1.94. The van der Waals surface area contributed by atoms with Crippen molar-refractivity contribution in [3.8, 4) is 11.5 Å². The van der Waals surface area contributed by atoms with E-state index in [-0.39, 0.29) is 18.3 Å². The summed E-state index contributed by atoms with van der Waals surface area (Å²) in [6, 6.07) is 17.6. The van der Waals surface area contributed by atoms with Gasteiger partial charge in [0.25, 0.3) is 0 Å². The van der Waals surface area contributed by atoms with E-state index in [1.807, 2.05) is 54.6 Å². The van der Waals surface area contributed by atoms with Crippen LogP contribution in [0.25, 0.3) is 0 Å². The Morgan fingerprint density at radius 3 is 2.10 bits per heavy atom. The largest absolute Gasteiger partial charge is 0.457 e. The fourth-order valence-corrected chi connectivity index (χ4v) is 6.49. The Bertz CT molecular complexity index is 785. The third-order valence-electron chi connectivity index (χ3n) is 4.09. The molecule has 2 rings (SSSR count). The molecular weight excluding hydrogens is 407 g/mol. The summed E-state index contributed by atoms with van der Waals surface area (Å²) in [6.07, 6.45) is 2.15. The molecule has 29 heavy (non-hydrogen) atoms. The fourth-order valence-electron chi connectivity index (χ4n) is 2.87. The molecule has 2 aromatic rings. The van der Waals surface area contributed by atoms with Crippen LogP contribution in [0.1, 0.15) is 39.2 Å². The SMILES string of the molecule is CCOP(=O)(OCC)[C@H](CCCc1ccc(Oc2ccccc2)cc1)SC(C)=O. The van der Waals surface area contributed by atoms with Crippen LogP contribution in [0, 0.1) is 0 Å². The van der Waals surface area contributed by atoms with Crippen molar-refractivity contribution < 1.29 is 23.1 Å². The molecule has 0 aliphatic rings. The van der Waals surface area contributed by atoms with Crippen LogP contribution in [0.2, 0.25) is 0 Å². The van der Waals surface area contributed by atoms with Gasteiger partial charge < -0.3 is 13.8 Å². The third-order valence-corrected chi connectivity index (χ3v) is 8.22. The number of thioether (sulfide) groups is 1. The summed E-state index contributed by atoms with van der Waals surface area (Å²) in [4.78, 5) is 11.2. The summed E-state index contributed by atoms with van der Waals surface area (Å²) in [5, 5.41) is -0.0861. The standard InChI is InChI=1S/C22H29O5PS/c1-4-25-28(24,26-5-2)22(29-18(3)23)13-9-10-19-14-16-21(17-15-19)27-20-11-7-6-8-12-20/h6-8,11-12,14-17,22H,4-5,9-10,13H2,1-3H3/t22-/m0/s1. The van der Waals surface area contributed by atoms with E-state index in [2.05, 4.69) is 0 Å². The molecule has 0 unspecified atom stereocenters. The number of hydrogen-bond donors (Lipinski definition) is 0. The molecule has 0 aromatic heterocycles. The number of benzene rings is 2. The molecule has 0 spiro atoms. The average Bonchev–Trinajstić information content (AvgIpc) is 2.69. The Morgan fingerprint density at radius 1 is 0.966 bits per heavy atom. The van der Waals surface area contributed by atoms with Crippen molar-refractivity contribution in [2.45, 2.75) is 45.0 Å². The maximum Gasteiger partial charge on any atom is 0.343 e. The van der Waals surface area contributed by atoms with Gasteiger partial charge in [0.05, 0.1) is 13.2 Å². The first kappa shape index (κ1) is 23.7. The lowest BCUT2D eigenvalue weighted by atomic mass is 10.1. The molecule has 7 heteroatoms. The van der Waals surface area contributed by atoms with Crippen molar-refractivity contribution in [2.75, 3.05) is 13.2 Å². The van der Waals surface area contributed by atoms with E-state index in [0.29, 0.717) is 6.42 Å². The van der Waals surface area contributed by atoms with E-state index in [1.165, 1.54) is 6.92 Å². The van der Waals surface area contributed by atoms with Gasteiger partial charge in [-0.25, -0.2) is 0 Å². The molecule has 0 N–H and O–H groups in total. The summed E-state index contributed by atoms with van der Waals surface area (Å²) in [7, 11) is -3.33. The van der Waals surface area contributed by atoms with Crippen molar-refractivity contribution in [2.24, 2.45) is 0 Å². The quantitative estimate of drug-likeness (QED) is 0.346. The first-order valence-corrected chi connectivity index (χ1v) is 12.3. The maximum atomic E-state index is 13.1. The molecule has 0 heterocycles. The van der Waals surface area contributed by atoms with Crippen LogP contribution < -0.4 is 4.74 Å². The van der Waals surface area contributed by atoms with Crippen molar-refractivity contribution in [1.29, 1.82) is 0 Å². The molecule has 0 fully saturated rings. The Labute approximate surface area is 177 Å². The minimum absolute atomic E-state index is 0.0861. The Hall–Kier alpha value is -1.59. The second kappa shape index (κ2) is 12.2. The lowest BCUT2D eigenvalue weighted by Gasteiger charge is -2.25. The third kappa shape index (κ3) is 7.98. The predicted molar refractivity (Wildman–Crippen MR) is 119 cm³/mol. The van der Waals surface area contributed by atoms with Gasteiger partial charge in [-0.1, -0.05) is 42.1 Å². The highest BCUT2D eigenvalue weighted by atomic mass is 32.2. The number of aryl methyl sites for hydroxylation is 1. The summed E-state index contributed by atoms with van der Waals surface area (Å²) >= 11 is 1.05. The van der Waals surface area contributed by atoms with Crippen LogP contribution in [-0.2, 0) is 24.8 Å². The molecular formula is C22H29O5PS. The summed E-state index contributed by atoms with van der Waals surface area (Å²) in [6.45, 7) is 5.61. The van der Waals surface area contributed by atoms with Crippen molar-refractivity contribution in [3.63, 3.8) is 0 Å². The van der Waals surface area contributed by atoms with E-state index in [0.717, 1.165) is 41.7 Å². The number of carbonyl (C=O) groups excluding carboxylic acids is 1. The van der Waals surface area contributed by atoms with Crippen LogP contribution in [0.5, 0.6) is 11.5 Å². The molecule has 0 aliphatic heterocycles. The summed E-state index contributed by atoms with van der Waals surface area (Å²) in [5.74, 6) is 1.58. The molecule has 5 nitrogen and oxygen atoms in total. The molecule has 158 valence electrons. The summed E-state index contributed by atoms with van der Waals surface area (Å²) < 4.78 is 29.8. The zero-order valence-corrected chi connectivity index (χ0v) is 18.9. The van der Waals surface area contributed by atoms with Crippen LogP contribution in [0.15, 0.2) is 54.6 Å². The minimum atomic E-state index is -3.33. The second-order valence-corrected chi connectivity index (χ2v) is 10.3. The van der Waals surface area contributed by atoms with Crippen LogP contribution in [0.4, 0.5) is 0 Å². The Kier molecular flexibility index (Phi) is 9.95. The normalized spacial score (nSPS) is 12.5. The van der Waals surface area contributed by atoms with Gasteiger partial charge in [-0.05, 0) is 62.9 Å². The number of hydrogen-bond acceptors (Lipinski definition) is 6. The highest BCUT2D eigenvalue weighted by Crippen LogP contribution is 2.58. The van der Waals surface area contributed by atoms with Gasteiger partial charge in [0.2, 0.25) is 0 Å². The lowest BCUT2D eigenvalue weighted by molar-refractivity contribution is -0.109. The first-order valence-electron chi connectivity index (χ1n) is 9.84. The highest BCUT2D eigenvalue weighted by molar-refractivity contribution is 8.18. The lowest BCUT2D eigenvalue weighted by Crippen LogP contribution is -2.12. The van der Waals surface area contributed by atoms with Crippen molar-refractivity contribution in [1.82, 2.24) is 0 Å². The zero-order valence-electron chi connectivity index (χ0n) is 17.2. The van der Waals surface area contributed by atoms with E-state index in [9.17, 15) is 9.36 Å². The van der Waals surface area contributed by atoms with Gasteiger partial charge in [0.1, 0.15) is 16.5 Å². The van der Waals surface area contributed by atoms with Gasteiger partial charge in [-0.2, -0.15) is 0 Å².